The standard InChI is InChI=1S/C20H19ClF3N5O4/c21-13-2-1-11-7-12(9-25-16(11)8-13)17(30)27-14-3-4-15(26-10-14)18-28-29-19(33-18)31-5-6-32-20(22,23)24/h1-2,7-9,14-15,26H,3-6,10H2,(H,27,30)/t14-,15+/m1/s1. The normalized spacial score (nSPS) is 18.9. The number of aromatic nitrogens is 3. The number of rotatable bonds is 7. The van der Waals surface area contributed by atoms with Crippen molar-refractivity contribution in [3.05, 3.63) is 46.9 Å². The highest BCUT2D eigenvalue weighted by Gasteiger charge is 2.29. The first-order valence-corrected chi connectivity index (χ1v) is 10.4. The number of nitrogens with zero attached hydrogens (tertiary/aromatic N) is 3. The number of benzene rings is 1. The second-order valence-corrected chi connectivity index (χ2v) is 7.75. The third-order valence-corrected chi connectivity index (χ3v) is 5.19. The first-order valence-electron chi connectivity index (χ1n) is 10.0. The smallest absolute Gasteiger partial charge is 0.447 e. The molecule has 1 saturated heterocycles. The lowest BCUT2D eigenvalue weighted by Crippen LogP contribution is -2.46. The van der Waals surface area contributed by atoms with Crippen LogP contribution in [0.15, 0.2) is 34.9 Å². The molecule has 33 heavy (non-hydrogen) atoms. The molecule has 1 aromatic carbocycles. The van der Waals surface area contributed by atoms with Crippen molar-refractivity contribution in [1.82, 2.24) is 25.8 Å². The van der Waals surface area contributed by atoms with E-state index in [1.807, 2.05) is 0 Å². The number of ether oxygens (including phenoxy) is 2. The summed E-state index contributed by atoms with van der Waals surface area (Å²) in [6.45, 7) is -0.611. The topological polar surface area (TPSA) is 111 Å². The van der Waals surface area contributed by atoms with E-state index in [9.17, 15) is 18.0 Å². The van der Waals surface area contributed by atoms with Crippen LogP contribution in [0.4, 0.5) is 13.2 Å². The van der Waals surface area contributed by atoms with Crippen LogP contribution in [-0.2, 0) is 4.74 Å². The number of nitrogens with one attached hydrogen (secondary N) is 2. The summed E-state index contributed by atoms with van der Waals surface area (Å²) >= 11 is 5.96. The molecule has 3 heterocycles. The van der Waals surface area contributed by atoms with Crippen molar-refractivity contribution in [1.29, 1.82) is 0 Å². The molecule has 13 heteroatoms. The van der Waals surface area contributed by atoms with Gasteiger partial charge in [0.05, 0.1) is 23.7 Å². The summed E-state index contributed by atoms with van der Waals surface area (Å²) in [7, 11) is 0. The minimum atomic E-state index is -4.72. The number of halogens is 4. The zero-order valence-electron chi connectivity index (χ0n) is 17.1. The molecule has 0 aliphatic carbocycles. The van der Waals surface area contributed by atoms with Gasteiger partial charge in [-0.3, -0.25) is 14.5 Å². The molecule has 1 aliphatic heterocycles. The molecule has 0 bridgehead atoms. The zero-order chi connectivity index (χ0) is 23.4. The first-order chi connectivity index (χ1) is 15.8. The highest BCUT2D eigenvalue weighted by Crippen LogP contribution is 2.25. The Bertz CT molecular complexity index is 1120. The molecule has 176 valence electrons. The van der Waals surface area contributed by atoms with E-state index in [4.69, 9.17) is 20.8 Å². The number of carbonyl (C=O) groups excluding carboxylic acids is 1. The van der Waals surface area contributed by atoms with E-state index >= 15 is 0 Å². The maximum atomic E-state index is 12.6. The number of piperidine rings is 1. The summed E-state index contributed by atoms with van der Waals surface area (Å²) in [6, 6.07) is 6.65. The van der Waals surface area contributed by atoms with Crippen molar-refractivity contribution < 1.29 is 31.9 Å². The first kappa shape index (κ1) is 23.2. The fourth-order valence-corrected chi connectivity index (χ4v) is 3.55. The molecule has 9 nitrogen and oxygen atoms in total. The Morgan fingerprint density at radius 1 is 1.24 bits per heavy atom. The van der Waals surface area contributed by atoms with Gasteiger partial charge in [0.2, 0.25) is 5.89 Å². The Morgan fingerprint density at radius 2 is 2.09 bits per heavy atom. The minimum Gasteiger partial charge on any atom is -0.447 e. The van der Waals surface area contributed by atoms with Crippen LogP contribution in [0, 0.1) is 0 Å². The van der Waals surface area contributed by atoms with Crippen molar-refractivity contribution in [2.24, 2.45) is 0 Å². The molecule has 2 N–H and O–H groups in total. The van der Waals surface area contributed by atoms with Gasteiger partial charge in [-0.1, -0.05) is 22.8 Å². The number of hydrogen-bond acceptors (Lipinski definition) is 8. The molecule has 0 radical (unpaired) electrons. The Hall–Kier alpha value is -2.96. The van der Waals surface area contributed by atoms with Crippen LogP contribution < -0.4 is 15.4 Å². The van der Waals surface area contributed by atoms with E-state index in [2.05, 4.69) is 30.6 Å². The monoisotopic (exact) mass is 485 g/mol. The van der Waals surface area contributed by atoms with Crippen molar-refractivity contribution in [3.8, 4) is 6.08 Å². The number of fused-ring (bicyclic) bond motifs is 1. The average Bonchev–Trinajstić information content (AvgIpc) is 3.25. The lowest BCUT2D eigenvalue weighted by Gasteiger charge is -2.28. The van der Waals surface area contributed by atoms with Gasteiger partial charge in [-0.05, 0) is 31.0 Å². The van der Waals surface area contributed by atoms with E-state index in [0.29, 0.717) is 35.5 Å². The van der Waals surface area contributed by atoms with E-state index in [1.165, 1.54) is 6.20 Å². The van der Waals surface area contributed by atoms with Crippen LogP contribution in [0.2, 0.25) is 5.02 Å². The fourth-order valence-electron chi connectivity index (χ4n) is 3.38. The minimum absolute atomic E-state index is 0.118. The molecule has 3 aromatic rings. The Balaban J connectivity index is 1.25. The molecule has 1 fully saturated rings. The number of carbonyl (C=O) groups is 1. The molecule has 2 aromatic heterocycles. The number of hydrogen-bond donors (Lipinski definition) is 2. The highest BCUT2D eigenvalue weighted by molar-refractivity contribution is 6.31. The van der Waals surface area contributed by atoms with Gasteiger partial charge in [-0.25, -0.2) is 0 Å². The summed E-state index contributed by atoms with van der Waals surface area (Å²) in [5.41, 5.74) is 1.15. The molecule has 4 rings (SSSR count). The van der Waals surface area contributed by atoms with Gasteiger partial charge in [0, 0.05) is 29.2 Å². The molecular formula is C20H19ClF3N5O4. The van der Waals surface area contributed by atoms with Crippen LogP contribution in [0.25, 0.3) is 10.9 Å². The van der Waals surface area contributed by atoms with Gasteiger partial charge in [0.15, 0.2) is 0 Å². The molecule has 1 amide bonds. The average molecular weight is 486 g/mol. The van der Waals surface area contributed by atoms with E-state index < -0.39 is 13.0 Å². The summed E-state index contributed by atoms with van der Waals surface area (Å²) in [6.07, 6.45) is -2.21. The predicted molar refractivity (Wildman–Crippen MR) is 110 cm³/mol. The SMILES string of the molecule is O=C(N[C@@H]1CC[C@@H](c2nnc(OCCOC(F)(F)F)o2)NC1)c1cnc2cc(Cl)ccc2c1. The number of amides is 1. The van der Waals surface area contributed by atoms with Crippen molar-refractivity contribution in [2.45, 2.75) is 31.3 Å². The fraction of sp³-hybridized carbons (Fsp3) is 0.400. The van der Waals surface area contributed by atoms with Crippen molar-refractivity contribution in [2.75, 3.05) is 19.8 Å². The maximum absolute atomic E-state index is 12.6. The van der Waals surface area contributed by atoms with Crippen LogP contribution in [0.5, 0.6) is 6.08 Å². The predicted octanol–water partition coefficient (Wildman–Crippen LogP) is 3.41. The van der Waals surface area contributed by atoms with Crippen LogP contribution in [0.3, 0.4) is 0 Å². The summed E-state index contributed by atoms with van der Waals surface area (Å²) < 4.78 is 49.7. The van der Waals surface area contributed by atoms with E-state index in [-0.39, 0.29) is 36.6 Å². The molecule has 0 saturated carbocycles. The molecule has 2 atom stereocenters. The Morgan fingerprint density at radius 3 is 2.85 bits per heavy atom. The lowest BCUT2D eigenvalue weighted by molar-refractivity contribution is -0.325. The maximum Gasteiger partial charge on any atom is 0.522 e. The van der Waals surface area contributed by atoms with Crippen LogP contribution in [0.1, 0.15) is 35.1 Å². The second-order valence-electron chi connectivity index (χ2n) is 7.32. The van der Waals surface area contributed by atoms with Gasteiger partial charge in [-0.15, -0.1) is 18.3 Å². The third kappa shape index (κ3) is 6.30. The number of pyridine rings is 1. The number of alkyl halides is 3. The largest absolute Gasteiger partial charge is 0.522 e. The quantitative estimate of drug-likeness (QED) is 0.490. The van der Waals surface area contributed by atoms with Crippen LogP contribution in [-0.4, -0.2) is 53.3 Å². The summed E-state index contributed by atoms with van der Waals surface area (Å²) in [5, 5.41) is 15.1. The Labute approximate surface area is 190 Å². The van der Waals surface area contributed by atoms with Crippen molar-refractivity contribution in [3.63, 3.8) is 0 Å². The second kappa shape index (κ2) is 9.89. The van der Waals surface area contributed by atoms with Gasteiger partial charge >= 0.3 is 12.4 Å². The molecule has 0 unspecified atom stereocenters. The zero-order valence-corrected chi connectivity index (χ0v) is 17.8. The molecule has 1 aliphatic rings. The molecular weight excluding hydrogens is 467 g/mol. The third-order valence-electron chi connectivity index (χ3n) is 4.95. The molecule has 0 spiro atoms. The van der Waals surface area contributed by atoms with Gasteiger partial charge in [0.25, 0.3) is 5.91 Å². The summed E-state index contributed by atoms with van der Waals surface area (Å²) in [5.74, 6) is 0.0167. The lowest BCUT2D eigenvalue weighted by atomic mass is 10.0. The van der Waals surface area contributed by atoms with E-state index in [0.717, 1.165) is 5.39 Å². The van der Waals surface area contributed by atoms with Crippen LogP contribution >= 0.6 is 11.6 Å². The van der Waals surface area contributed by atoms with Gasteiger partial charge in [0.1, 0.15) is 6.61 Å². The van der Waals surface area contributed by atoms with Gasteiger partial charge < -0.3 is 19.8 Å². The highest BCUT2D eigenvalue weighted by atomic mass is 35.5. The van der Waals surface area contributed by atoms with E-state index in [1.54, 1.807) is 24.3 Å². The Kier molecular flexibility index (Phi) is 6.96. The summed E-state index contributed by atoms with van der Waals surface area (Å²) in [4.78, 5) is 16.9. The van der Waals surface area contributed by atoms with Crippen molar-refractivity contribution >= 4 is 28.4 Å². The van der Waals surface area contributed by atoms with Gasteiger partial charge in [-0.2, -0.15) is 0 Å².